The number of carbonyl (C=O) groups excluding carboxylic acids is 1. The van der Waals surface area contributed by atoms with Crippen LogP contribution in [0.2, 0.25) is 0 Å². The molecule has 1 aromatic heterocycles. The number of thioether (sulfide) groups is 1. The van der Waals surface area contributed by atoms with Gasteiger partial charge >= 0.3 is 0 Å². The van der Waals surface area contributed by atoms with Crippen molar-refractivity contribution in [1.82, 2.24) is 10.3 Å². The molecule has 0 aliphatic rings. The highest BCUT2D eigenvalue weighted by Gasteiger charge is 2.06. The lowest BCUT2D eigenvalue weighted by atomic mass is 10.2. The smallest absolute Gasteiger partial charge is 0.116 e. The Bertz CT molecular complexity index is 735. The van der Waals surface area contributed by atoms with Crippen LogP contribution in [-0.4, -0.2) is 23.5 Å². The summed E-state index contributed by atoms with van der Waals surface area (Å²) in [6.45, 7) is 9.01. The first kappa shape index (κ1) is 24.7. The Labute approximate surface area is 171 Å². The van der Waals surface area contributed by atoms with Crippen LogP contribution in [0.5, 0.6) is 0 Å². The van der Waals surface area contributed by atoms with E-state index in [1.165, 1.54) is 18.7 Å². The Kier molecular flexibility index (Phi) is 13.6. The maximum atomic E-state index is 8.81. The van der Waals surface area contributed by atoms with Crippen LogP contribution >= 0.6 is 24.4 Å². The summed E-state index contributed by atoms with van der Waals surface area (Å²) in [5, 5.41) is 4.68. The van der Waals surface area contributed by atoms with Crippen molar-refractivity contribution in [2.45, 2.75) is 20.8 Å². The summed E-state index contributed by atoms with van der Waals surface area (Å²) in [5.41, 5.74) is 15.5. The second kappa shape index (κ2) is 14.8. The number of hydrogen-bond donors (Lipinski definition) is 4. The van der Waals surface area contributed by atoms with Crippen LogP contribution in [0.15, 0.2) is 63.4 Å². The lowest BCUT2D eigenvalue weighted by Crippen LogP contribution is -2.09. The average molecular weight is 406 g/mol. The van der Waals surface area contributed by atoms with Crippen molar-refractivity contribution in [2.24, 2.45) is 16.5 Å². The molecule has 0 radical (unpaired) electrons. The van der Waals surface area contributed by atoms with E-state index < -0.39 is 0 Å². The van der Waals surface area contributed by atoms with Crippen molar-refractivity contribution < 1.29 is 4.79 Å². The van der Waals surface area contributed by atoms with Crippen LogP contribution in [-0.2, 0) is 4.79 Å². The summed E-state index contributed by atoms with van der Waals surface area (Å²) >= 11 is 5.61. The van der Waals surface area contributed by atoms with Gasteiger partial charge in [0.05, 0.1) is 16.9 Å². The Balaban J connectivity index is 0.00000210. The summed E-state index contributed by atoms with van der Waals surface area (Å²) in [7, 11) is 0. The molecular weight excluding hydrogens is 378 g/mol. The first-order valence-corrected chi connectivity index (χ1v) is 9.53. The van der Waals surface area contributed by atoms with Crippen molar-refractivity contribution in [3.63, 3.8) is 0 Å². The molecule has 1 heterocycles. The molecule has 1 rings (SSSR count). The van der Waals surface area contributed by atoms with Gasteiger partial charge in [0.1, 0.15) is 6.29 Å². The minimum absolute atomic E-state index is 0.413. The summed E-state index contributed by atoms with van der Waals surface area (Å²) in [4.78, 5) is 18.2. The summed E-state index contributed by atoms with van der Waals surface area (Å²) in [5.74, 6) is 0.413. The molecule has 0 aliphatic carbocycles. The molecule has 0 atom stereocenters. The van der Waals surface area contributed by atoms with Crippen molar-refractivity contribution in [3.05, 3.63) is 69.6 Å². The van der Waals surface area contributed by atoms with Crippen LogP contribution in [0.1, 0.15) is 25.1 Å². The fourth-order valence-corrected chi connectivity index (χ4v) is 2.71. The summed E-state index contributed by atoms with van der Waals surface area (Å²) < 4.78 is 0. The molecule has 8 heteroatoms. The van der Waals surface area contributed by atoms with Crippen LogP contribution < -0.4 is 16.8 Å². The number of aromatic nitrogens is 1. The number of pyridine rings is 1. The van der Waals surface area contributed by atoms with Gasteiger partial charge in [0.15, 0.2) is 0 Å². The zero-order chi connectivity index (χ0) is 20.7. The standard InChI is InChI=1S/C17H23N5S2.C2H4O/c1-4-15(8-14-6-5-7-20-13(14)3)21-11-22-16(9-23)17(12(2)19)24-10-18;1-2-3/h4-9,11,23H,1,10,18-19H2,2-3H3,(H,21,22);2H,1H3/b15-8+,16-9-,17-12-;. The van der Waals surface area contributed by atoms with Crippen LogP contribution in [0.3, 0.4) is 0 Å². The molecular formula is C19H27N5OS2. The van der Waals surface area contributed by atoms with Crippen LogP contribution in [0.25, 0.3) is 6.08 Å². The number of aliphatic imine (C=N–C) groups is 1. The van der Waals surface area contributed by atoms with Gasteiger partial charge in [-0.3, -0.25) is 4.98 Å². The van der Waals surface area contributed by atoms with Crippen molar-refractivity contribution >= 4 is 43.1 Å². The fourth-order valence-electron chi connectivity index (χ4n) is 1.78. The normalized spacial score (nSPS) is 12.8. The zero-order valence-corrected chi connectivity index (χ0v) is 17.6. The Morgan fingerprint density at radius 2 is 2.19 bits per heavy atom. The second-order valence-corrected chi connectivity index (χ2v) is 6.25. The first-order chi connectivity index (χ1) is 12.9. The molecule has 146 valence electrons. The maximum absolute atomic E-state index is 8.81. The molecule has 0 saturated carbocycles. The van der Waals surface area contributed by atoms with E-state index in [9.17, 15) is 0 Å². The monoisotopic (exact) mass is 405 g/mol. The van der Waals surface area contributed by atoms with Gasteiger partial charge in [-0.1, -0.05) is 12.6 Å². The molecule has 27 heavy (non-hydrogen) atoms. The quantitative estimate of drug-likeness (QED) is 0.132. The number of nitrogens with zero attached hydrogens (tertiary/aromatic N) is 2. The van der Waals surface area contributed by atoms with E-state index in [2.05, 4.69) is 34.5 Å². The second-order valence-electron chi connectivity index (χ2n) is 4.96. The number of rotatable bonds is 8. The molecule has 0 fully saturated rings. The van der Waals surface area contributed by atoms with Gasteiger partial charge < -0.3 is 21.6 Å². The largest absolute Gasteiger partial charge is 0.401 e. The SMILES string of the molecule is C=C/C(=C\c1cccnc1C)NC=NC(=C\S)/C(SCN)=C(\C)N.CC=O. The topological polar surface area (TPSA) is 106 Å². The number of aldehydes is 1. The fraction of sp³-hybridized carbons (Fsp3) is 0.211. The number of nitrogens with two attached hydrogens (primary N) is 2. The molecule has 0 amide bonds. The Morgan fingerprint density at radius 1 is 1.52 bits per heavy atom. The predicted molar refractivity (Wildman–Crippen MR) is 121 cm³/mol. The summed E-state index contributed by atoms with van der Waals surface area (Å²) in [6, 6.07) is 3.88. The average Bonchev–Trinajstić information content (AvgIpc) is 2.65. The van der Waals surface area contributed by atoms with E-state index >= 15 is 0 Å². The summed E-state index contributed by atoms with van der Waals surface area (Å²) in [6.07, 6.45) is 7.74. The molecule has 0 saturated heterocycles. The minimum Gasteiger partial charge on any atom is -0.401 e. The van der Waals surface area contributed by atoms with Gasteiger partial charge in [-0.05, 0) is 50.0 Å². The Hall–Kier alpha value is -2.29. The van der Waals surface area contributed by atoms with E-state index in [1.807, 2.05) is 25.1 Å². The van der Waals surface area contributed by atoms with Crippen molar-refractivity contribution in [3.8, 4) is 0 Å². The zero-order valence-electron chi connectivity index (χ0n) is 15.8. The van der Waals surface area contributed by atoms with Crippen LogP contribution in [0.4, 0.5) is 0 Å². The highest BCUT2D eigenvalue weighted by molar-refractivity contribution is 8.03. The highest BCUT2D eigenvalue weighted by Crippen LogP contribution is 2.26. The van der Waals surface area contributed by atoms with Gasteiger partial charge in [0.25, 0.3) is 0 Å². The number of hydrogen-bond acceptors (Lipinski definition) is 7. The van der Waals surface area contributed by atoms with Gasteiger partial charge in [-0.2, -0.15) is 0 Å². The number of allylic oxidation sites excluding steroid dienone is 2. The van der Waals surface area contributed by atoms with Crippen LogP contribution in [0, 0.1) is 6.92 Å². The molecule has 0 bridgehead atoms. The van der Waals surface area contributed by atoms with E-state index in [0.29, 0.717) is 17.3 Å². The molecule has 0 aliphatic heterocycles. The van der Waals surface area contributed by atoms with E-state index in [0.717, 1.165) is 28.1 Å². The molecule has 0 aromatic carbocycles. The molecule has 0 spiro atoms. The van der Waals surface area contributed by atoms with Gasteiger partial charge in [0.2, 0.25) is 0 Å². The third-order valence-electron chi connectivity index (χ3n) is 2.95. The van der Waals surface area contributed by atoms with E-state index in [-0.39, 0.29) is 0 Å². The van der Waals surface area contributed by atoms with Gasteiger partial charge in [0, 0.05) is 29.2 Å². The predicted octanol–water partition coefficient (Wildman–Crippen LogP) is 3.35. The number of carbonyl (C=O) groups is 1. The first-order valence-electron chi connectivity index (χ1n) is 8.03. The van der Waals surface area contributed by atoms with Crippen molar-refractivity contribution in [2.75, 3.05) is 5.88 Å². The molecule has 0 unspecified atom stereocenters. The maximum Gasteiger partial charge on any atom is 0.116 e. The third kappa shape index (κ3) is 9.83. The molecule has 5 N–H and O–H groups in total. The van der Waals surface area contributed by atoms with E-state index in [1.54, 1.807) is 30.9 Å². The third-order valence-corrected chi connectivity index (χ3v) is 4.19. The number of nitrogens with one attached hydrogen (secondary N) is 1. The number of aryl methyl sites for hydroxylation is 1. The minimum atomic E-state index is 0.413. The molecule has 6 nitrogen and oxygen atoms in total. The lowest BCUT2D eigenvalue weighted by molar-refractivity contribution is -0.106. The van der Waals surface area contributed by atoms with Gasteiger partial charge in [-0.15, -0.1) is 24.4 Å². The van der Waals surface area contributed by atoms with Gasteiger partial charge in [-0.25, -0.2) is 4.99 Å². The van der Waals surface area contributed by atoms with E-state index in [4.69, 9.17) is 16.3 Å². The lowest BCUT2D eigenvalue weighted by Gasteiger charge is -2.08. The highest BCUT2D eigenvalue weighted by atomic mass is 32.2. The Morgan fingerprint density at radius 3 is 2.67 bits per heavy atom. The number of thiol groups is 1. The molecule has 1 aromatic rings. The van der Waals surface area contributed by atoms with Crippen molar-refractivity contribution in [1.29, 1.82) is 0 Å².